The molecule has 1 aromatic heterocycles. The highest BCUT2D eigenvalue weighted by molar-refractivity contribution is 5.08. The van der Waals surface area contributed by atoms with Gasteiger partial charge in [0.05, 0.1) is 6.33 Å². The molecule has 0 spiro atoms. The molecule has 0 unspecified atom stereocenters. The molecule has 0 radical (unpaired) electrons. The SMILES string of the molecule is FC(F)(F)Cn1cncc1C1CCNCC1. The van der Waals surface area contributed by atoms with E-state index < -0.39 is 12.7 Å². The van der Waals surface area contributed by atoms with Crippen molar-refractivity contribution in [1.82, 2.24) is 14.9 Å². The molecule has 1 aliphatic heterocycles. The van der Waals surface area contributed by atoms with Crippen LogP contribution < -0.4 is 5.32 Å². The third-order valence-corrected chi connectivity index (χ3v) is 2.85. The van der Waals surface area contributed by atoms with Gasteiger partial charge < -0.3 is 9.88 Å². The third-order valence-electron chi connectivity index (χ3n) is 2.85. The first-order chi connectivity index (χ1) is 7.56. The first-order valence-electron chi connectivity index (χ1n) is 5.34. The Morgan fingerprint density at radius 2 is 2.06 bits per heavy atom. The molecule has 90 valence electrons. The highest BCUT2D eigenvalue weighted by atomic mass is 19.4. The number of halogens is 3. The summed E-state index contributed by atoms with van der Waals surface area (Å²) < 4.78 is 38.1. The van der Waals surface area contributed by atoms with Crippen molar-refractivity contribution in [2.75, 3.05) is 13.1 Å². The second-order valence-corrected chi connectivity index (χ2v) is 4.09. The van der Waals surface area contributed by atoms with Gasteiger partial charge in [-0.2, -0.15) is 13.2 Å². The van der Waals surface area contributed by atoms with Gasteiger partial charge in [-0.25, -0.2) is 4.98 Å². The van der Waals surface area contributed by atoms with Crippen molar-refractivity contribution in [1.29, 1.82) is 0 Å². The first kappa shape index (κ1) is 11.4. The van der Waals surface area contributed by atoms with Gasteiger partial charge in [0.25, 0.3) is 0 Å². The van der Waals surface area contributed by atoms with Crippen LogP contribution in [0.25, 0.3) is 0 Å². The molecule has 1 N–H and O–H groups in total. The zero-order chi connectivity index (χ0) is 11.6. The highest BCUT2D eigenvalue weighted by Gasteiger charge is 2.30. The van der Waals surface area contributed by atoms with Gasteiger partial charge in [0.1, 0.15) is 6.54 Å². The fraction of sp³-hybridized carbons (Fsp3) is 0.700. The van der Waals surface area contributed by atoms with Crippen LogP contribution in [-0.2, 0) is 6.54 Å². The van der Waals surface area contributed by atoms with Gasteiger partial charge >= 0.3 is 6.18 Å². The Morgan fingerprint density at radius 1 is 1.38 bits per heavy atom. The average Bonchev–Trinajstić information content (AvgIpc) is 2.64. The van der Waals surface area contributed by atoms with Crippen LogP contribution in [0.3, 0.4) is 0 Å². The summed E-state index contributed by atoms with van der Waals surface area (Å²) in [5, 5.41) is 3.19. The molecule has 1 aromatic rings. The summed E-state index contributed by atoms with van der Waals surface area (Å²) in [6, 6.07) is 0. The molecule has 0 bridgehead atoms. The zero-order valence-corrected chi connectivity index (χ0v) is 8.80. The number of nitrogens with one attached hydrogen (secondary N) is 1. The topological polar surface area (TPSA) is 29.9 Å². The average molecular weight is 233 g/mol. The van der Waals surface area contributed by atoms with Crippen LogP contribution in [0.4, 0.5) is 13.2 Å². The van der Waals surface area contributed by atoms with Gasteiger partial charge in [0, 0.05) is 17.8 Å². The van der Waals surface area contributed by atoms with E-state index >= 15 is 0 Å². The number of aromatic nitrogens is 2. The lowest BCUT2D eigenvalue weighted by atomic mass is 9.95. The quantitative estimate of drug-likeness (QED) is 0.845. The van der Waals surface area contributed by atoms with Crippen molar-refractivity contribution < 1.29 is 13.2 Å². The fourth-order valence-corrected chi connectivity index (χ4v) is 2.11. The van der Waals surface area contributed by atoms with Crippen LogP contribution in [-0.4, -0.2) is 28.8 Å². The second-order valence-electron chi connectivity index (χ2n) is 4.09. The lowest BCUT2D eigenvalue weighted by Crippen LogP contribution is -2.28. The van der Waals surface area contributed by atoms with Crippen molar-refractivity contribution in [3.63, 3.8) is 0 Å². The molecule has 2 heterocycles. The van der Waals surface area contributed by atoms with E-state index in [9.17, 15) is 13.2 Å². The molecule has 16 heavy (non-hydrogen) atoms. The highest BCUT2D eigenvalue weighted by Crippen LogP contribution is 2.27. The molecule has 6 heteroatoms. The molecule has 0 atom stereocenters. The lowest BCUT2D eigenvalue weighted by molar-refractivity contribution is -0.141. The predicted octanol–water partition coefficient (Wildman–Crippen LogP) is 1.91. The van der Waals surface area contributed by atoms with Gasteiger partial charge in [-0.1, -0.05) is 0 Å². The Morgan fingerprint density at radius 3 is 2.69 bits per heavy atom. The van der Waals surface area contributed by atoms with Gasteiger partial charge in [0.2, 0.25) is 0 Å². The minimum atomic E-state index is -4.18. The number of rotatable bonds is 2. The summed E-state index contributed by atoms with van der Waals surface area (Å²) in [6.45, 7) is 0.788. The molecule has 0 saturated carbocycles. The van der Waals surface area contributed by atoms with Gasteiger partial charge in [-0.3, -0.25) is 0 Å². The summed E-state index contributed by atoms with van der Waals surface area (Å²) in [6.07, 6.45) is 0.405. The Balaban J connectivity index is 2.11. The summed E-state index contributed by atoms with van der Waals surface area (Å²) >= 11 is 0. The van der Waals surface area contributed by atoms with E-state index in [0.717, 1.165) is 25.9 Å². The van der Waals surface area contributed by atoms with Crippen molar-refractivity contribution in [2.24, 2.45) is 0 Å². The van der Waals surface area contributed by atoms with Gasteiger partial charge in [0.15, 0.2) is 0 Å². The van der Waals surface area contributed by atoms with Crippen LogP contribution >= 0.6 is 0 Å². The van der Waals surface area contributed by atoms with E-state index in [0.29, 0.717) is 5.69 Å². The smallest absolute Gasteiger partial charge is 0.325 e. The van der Waals surface area contributed by atoms with Crippen molar-refractivity contribution in [3.8, 4) is 0 Å². The van der Waals surface area contributed by atoms with Crippen molar-refractivity contribution >= 4 is 0 Å². The first-order valence-corrected chi connectivity index (χ1v) is 5.34. The van der Waals surface area contributed by atoms with Crippen LogP contribution in [0.2, 0.25) is 0 Å². The molecular weight excluding hydrogens is 219 g/mol. The molecule has 2 rings (SSSR count). The zero-order valence-electron chi connectivity index (χ0n) is 8.80. The fourth-order valence-electron chi connectivity index (χ4n) is 2.11. The summed E-state index contributed by atoms with van der Waals surface area (Å²) in [5.74, 6) is 0.200. The van der Waals surface area contributed by atoms with Gasteiger partial charge in [-0.05, 0) is 25.9 Å². The largest absolute Gasteiger partial charge is 0.406 e. The number of alkyl halides is 3. The summed E-state index contributed by atoms with van der Waals surface area (Å²) in [7, 11) is 0. The minimum absolute atomic E-state index is 0.200. The van der Waals surface area contributed by atoms with E-state index in [-0.39, 0.29) is 5.92 Å². The van der Waals surface area contributed by atoms with E-state index in [1.54, 1.807) is 6.20 Å². The summed E-state index contributed by atoms with van der Waals surface area (Å²) in [4.78, 5) is 3.82. The van der Waals surface area contributed by atoms with Gasteiger partial charge in [-0.15, -0.1) is 0 Å². The Kier molecular flexibility index (Phi) is 3.18. The number of hydrogen-bond donors (Lipinski definition) is 1. The van der Waals surface area contributed by atoms with Crippen molar-refractivity contribution in [3.05, 3.63) is 18.2 Å². The van der Waals surface area contributed by atoms with Crippen LogP contribution in [0.15, 0.2) is 12.5 Å². The molecule has 1 aliphatic rings. The normalized spacial score (nSPS) is 18.9. The number of nitrogens with zero attached hydrogens (tertiary/aromatic N) is 2. The van der Waals surface area contributed by atoms with E-state index in [4.69, 9.17) is 0 Å². The number of imidazole rings is 1. The second kappa shape index (κ2) is 4.45. The van der Waals surface area contributed by atoms with Crippen molar-refractivity contribution in [2.45, 2.75) is 31.5 Å². The summed E-state index contributed by atoms with van der Waals surface area (Å²) in [5.41, 5.74) is 0.707. The maximum atomic E-state index is 12.3. The molecule has 3 nitrogen and oxygen atoms in total. The maximum absolute atomic E-state index is 12.3. The predicted molar refractivity (Wildman–Crippen MR) is 53.1 cm³/mol. The molecule has 0 aliphatic carbocycles. The molecule has 1 saturated heterocycles. The maximum Gasteiger partial charge on any atom is 0.406 e. The monoisotopic (exact) mass is 233 g/mol. The lowest BCUT2D eigenvalue weighted by Gasteiger charge is -2.24. The molecule has 0 amide bonds. The van der Waals surface area contributed by atoms with E-state index in [1.165, 1.54) is 10.9 Å². The Hall–Kier alpha value is -1.04. The number of piperidine rings is 1. The Labute approximate surface area is 91.7 Å². The Bertz CT molecular complexity index is 339. The van der Waals surface area contributed by atoms with E-state index in [2.05, 4.69) is 10.3 Å². The number of hydrogen-bond acceptors (Lipinski definition) is 2. The molecule has 0 aromatic carbocycles. The third kappa shape index (κ3) is 2.75. The van der Waals surface area contributed by atoms with Crippen LogP contribution in [0.1, 0.15) is 24.5 Å². The van der Waals surface area contributed by atoms with Crippen LogP contribution in [0.5, 0.6) is 0 Å². The van der Waals surface area contributed by atoms with Crippen LogP contribution in [0, 0.1) is 0 Å². The standard InChI is InChI=1S/C10H14F3N3/c11-10(12,13)6-16-7-15-5-9(16)8-1-3-14-4-2-8/h5,7-8,14H,1-4,6H2. The minimum Gasteiger partial charge on any atom is -0.325 e. The molecule has 1 fully saturated rings. The van der Waals surface area contributed by atoms with E-state index in [1.807, 2.05) is 0 Å². The molecular formula is C10H14F3N3.